The molecule has 2 N–H and O–H groups in total. The minimum atomic E-state index is 0.757. The lowest BCUT2D eigenvalue weighted by molar-refractivity contribution is 0.648. The highest BCUT2D eigenvalue weighted by Gasteiger charge is 2.06. The van der Waals surface area contributed by atoms with Crippen molar-refractivity contribution in [1.82, 2.24) is 9.78 Å². The quantitative estimate of drug-likeness (QED) is 0.673. The standard InChI is InChI=1S/C10H13N3/c1-3-13-7(2)8-5-4-6-9(11)10(8)12-13/h4-6H,3,11H2,1-2H3. The molecule has 0 fully saturated rings. The monoisotopic (exact) mass is 175 g/mol. The highest BCUT2D eigenvalue weighted by Crippen LogP contribution is 2.22. The van der Waals surface area contributed by atoms with Gasteiger partial charge in [-0.15, -0.1) is 0 Å². The van der Waals surface area contributed by atoms with Crippen LogP contribution in [-0.4, -0.2) is 9.78 Å². The summed E-state index contributed by atoms with van der Waals surface area (Å²) in [5.41, 5.74) is 8.68. The number of aromatic nitrogens is 2. The van der Waals surface area contributed by atoms with Gasteiger partial charge in [0.25, 0.3) is 0 Å². The van der Waals surface area contributed by atoms with E-state index in [0.29, 0.717) is 0 Å². The summed E-state index contributed by atoms with van der Waals surface area (Å²) in [5, 5.41) is 5.58. The van der Waals surface area contributed by atoms with Crippen LogP contribution in [0.25, 0.3) is 10.9 Å². The summed E-state index contributed by atoms with van der Waals surface area (Å²) in [7, 11) is 0. The number of rotatable bonds is 1. The smallest absolute Gasteiger partial charge is 0.115 e. The normalized spacial score (nSPS) is 10.9. The third-order valence-electron chi connectivity index (χ3n) is 2.36. The number of benzene rings is 1. The van der Waals surface area contributed by atoms with Crippen LogP contribution in [-0.2, 0) is 6.54 Å². The minimum absolute atomic E-state index is 0.757. The first-order valence-corrected chi connectivity index (χ1v) is 4.45. The van der Waals surface area contributed by atoms with E-state index >= 15 is 0 Å². The van der Waals surface area contributed by atoms with Gasteiger partial charge in [0.1, 0.15) is 5.52 Å². The fraction of sp³-hybridized carbons (Fsp3) is 0.300. The van der Waals surface area contributed by atoms with Gasteiger partial charge in [-0.2, -0.15) is 5.10 Å². The molecule has 0 saturated carbocycles. The van der Waals surface area contributed by atoms with E-state index < -0.39 is 0 Å². The first-order chi connectivity index (χ1) is 6.24. The maximum absolute atomic E-state index is 5.82. The van der Waals surface area contributed by atoms with Crippen molar-refractivity contribution in [3.05, 3.63) is 23.9 Å². The number of nitrogens with zero attached hydrogens (tertiary/aromatic N) is 2. The predicted octanol–water partition coefficient (Wildman–Crippen LogP) is 1.95. The molecule has 2 aromatic rings. The molecule has 0 radical (unpaired) electrons. The average Bonchev–Trinajstić information content (AvgIpc) is 2.45. The number of nitrogens with two attached hydrogens (primary N) is 1. The maximum Gasteiger partial charge on any atom is 0.115 e. The molecule has 0 unspecified atom stereocenters. The Balaban J connectivity index is 2.83. The van der Waals surface area contributed by atoms with E-state index in [1.54, 1.807) is 0 Å². The lowest BCUT2D eigenvalue weighted by Crippen LogP contribution is -1.98. The van der Waals surface area contributed by atoms with Crippen molar-refractivity contribution >= 4 is 16.6 Å². The van der Waals surface area contributed by atoms with Crippen LogP contribution in [0.4, 0.5) is 5.69 Å². The van der Waals surface area contributed by atoms with E-state index in [9.17, 15) is 0 Å². The molecule has 68 valence electrons. The zero-order valence-corrected chi connectivity index (χ0v) is 7.91. The molecule has 0 aliphatic carbocycles. The van der Waals surface area contributed by atoms with Crippen LogP contribution in [0.5, 0.6) is 0 Å². The molecule has 1 aromatic carbocycles. The molecule has 1 aromatic heterocycles. The third-order valence-corrected chi connectivity index (χ3v) is 2.36. The van der Waals surface area contributed by atoms with Crippen molar-refractivity contribution < 1.29 is 0 Å². The topological polar surface area (TPSA) is 43.8 Å². The maximum atomic E-state index is 5.82. The summed E-state index contributed by atoms with van der Waals surface area (Å²) < 4.78 is 1.97. The summed E-state index contributed by atoms with van der Waals surface area (Å²) in [4.78, 5) is 0. The van der Waals surface area contributed by atoms with E-state index in [4.69, 9.17) is 5.73 Å². The number of anilines is 1. The van der Waals surface area contributed by atoms with Gasteiger partial charge in [-0.05, 0) is 19.9 Å². The Morgan fingerprint density at radius 2 is 2.23 bits per heavy atom. The Morgan fingerprint density at radius 1 is 1.46 bits per heavy atom. The Kier molecular flexibility index (Phi) is 1.72. The molecule has 13 heavy (non-hydrogen) atoms. The van der Waals surface area contributed by atoms with Gasteiger partial charge in [0, 0.05) is 17.6 Å². The van der Waals surface area contributed by atoms with E-state index in [2.05, 4.69) is 25.0 Å². The largest absolute Gasteiger partial charge is 0.397 e. The molecule has 0 spiro atoms. The molecule has 0 amide bonds. The lowest BCUT2D eigenvalue weighted by Gasteiger charge is -1.96. The molecular formula is C10H13N3. The molecule has 0 aliphatic heterocycles. The van der Waals surface area contributed by atoms with Crippen molar-refractivity contribution in [3.63, 3.8) is 0 Å². The Morgan fingerprint density at radius 3 is 2.85 bits per heavy atom. The molecule has 0 saturated heterocycles. The summed E-state index contributed by atoms with van der Waals surface area (Å²) in [6.07, 6.45) is 0. The number of hydrogen-bond acceptors (Lipinski definition) is 2. The molecule has 2 rings (SSSR count). The van der Waals surface area contributed by atoms with Gasteiger partial charge in [-0.1, -0.05) is 12.1 Å². The fourth-order valence-electron chi connectivity index (χ4n) is 1.61. The molecule has 0 atom stereocenters. The van der Waals surface area contributed by atoms with Crippen LogP contribution in [0, 0.1) is 6.92 Å². The van der Waals surface area contributed by atoms with Crippen LogP contribution in [0.3, 0.4) is 0 Å². The van der Waals surface area contributed by atoms with Crippen LogP contribution in [0.2, 0.25) is 0 Å². The van der Waals surface area contributed by atoms with Gasteiger partial charge in [-0.3, -0.25) is 4.68 Å². The third kappa shape index (κ3) is 1.08. The van der Waals surface area contributed by atoms with Crippen molar-refractivity contribution in [1.29, 1.82) is 0 Å². The fourth-order valence-corrected chi connectivity index (χ4v) is 1.61. The molecule has 3 heteroatoms. The van der Waals surface area contributed by atoms with Crippen LogP contribution in [0.15, 0.2) is 18.2 Å². The second kappa shape index (κ2) is 2.76. The van der Waals surface area contributed by atoms with Crippen molar-refractivity contribution in [2.45, 2.75) is 20.4 Å². The van der Waals surface area contributed by atoms with Crippen molar-refractivity contribution in [3.8, 4) is 0 Å². The van der Waals surface area contributed by atoms with E-state index in [-0.39, 0.29) is 0 Å². The number of hydrogen-bond donors (Lipinski definition) is 1. The van der Waals surface area contributed by atoms with Gasteiger partial charge < -0.3 is 5.73 Å². The zero-order chi connectivity index (χ0) is 9.42. The molecule has 3 nitrogen and oxygen atoms in total. The number of aryl methyl sites for hydroxylation is 2. The first-order valence-electron chi connectivity index (χ1n) is 4.45. The first kappa shape index (κ1) is 8.10. The van der Waals surface area contributed by atoms with Gasteiger partial charge in [-0.25, -0.2) is 0 Å². The molecule has 1 heterocycles. The van der Waals surface area contributed by atoms with E-state index in [1.807, 2.05) is 16.8 Å². The lowest BCUT2D eigenvalue weighted by atomic mass is 10.2. The average molecular weight is 175 g/mol. The summed E-state index contributed by atoms with van der Waals surface area (Å²) in [5.74, 6) is 0. The Bertz CT molecular complexity index is 443. The molecule has 0 aliphatic rings. The Labute approximate surface area is 77.2 Å². The summed E-state index contributed by atoms with van der Waals surface area (Å²) >= 11 is 0. The summed E-state index contributed by atoms with van der Waals surface area (Å²) in [6, 6.07) is 5.90. The van der Waals surface area contributed by atoms with E-state index in [1.165, 1.54) is 5.69 Å². The minimum Gasteiger partial charge on any atom is -0.397 e. The van der Waals surface area contributed by atoms with Gasteiger partial charge >= 0.3 is 0 Å². The van der Waals surface area contributed by atoms with Crippen molar-refractivity contribution in [2.24, 2.45) is 0 Å². The molecular weight excluding hydrogens is 162 g/mol. The second-order valence-corrected chi connectivity index (χ2v) is 3.14. The van der Waals surface area contributed by atoms with Crippen LogP contribution >= 0.6 is 0 Å². The van der Waals surface area contributed by atoms with Gasteiger partial charge in [0.05, 0.1) is 5.69 Å². The van der Waals surface area contributed by atoms with Crippen molar-refractivity contribution in [2.75, 3.05) is 5.73 Å². The number of nitrogen functional groups attached to an aromatic ring is 1. The zero-order valence-electron chi connectivity index (χ0n) is 7.91. The van der Waals surface area contributed by atoms with Gasteiger partial charge in [0.15, 0.2) is 0 Å². The summed E-state index contributed by atoms with van der Waals surface area (Å²) in [6.45, 7) is 5.04. The van der Waals surface area contributed by atoms with Gasteiger partial charge in [0.2, 0.25) is 0 Å². The number of fused-ring (bicyclic) bond motifs is 1. The van der Waals surface area contributed by atoms with Crippen LogP contribution < -0.4 is 5.73 Å². The predicted molar refractivity (Wildman–Crippen MR) is 54.6 cm³/mol. The Hall–Kier alpha value is -1.51. The second-order valence-electron chi connectivity index (χ2n) is 3.14. The highest BCUT2D eigenvalue weighted by atomic mass is 15.3. The molecule has 0 bridgehead atoms. The van der Waals surface area contributed by atoms with Crippen LogP contribution in [0.1, 0.15) is 12.6 Å². The SMILES string of the molecule is CCn1nc2c(N)cccc2c1C. The van der Waals surface area contributed by atoms with E-state index in [0.717, 1.165) is 23.1 Å². The highest BCUT2D eigenvalue weighted by molar-refractivity contribution is 5.91.